The van der Waals surface area contributed by atoms with Crippen molar-refractivity contribution in [2.75, 3.05) is 5.73 Å². The summed E-state index contributed by atoms with van der Waals surface area (Å²) in [6.07, 6.45) is -4.55. The second-order valence-electron chi connectivity index (χ2n) is 6.94. The molecule has 3 rings (SSSR count). The first-order valence-electron chi connectivity index (χ1n) is 8.26. The van der Waals surface area contributed by atoms with Crippen LogP contribution in [0.25, 0.3) is 16.7 Å². The summed E-state index contributed by atoms with van der Waals surface area (Å²) in [5, 5.41) is 14.2. The molecular formula is C18H21F3N4O. The molecule has 0 bridgehead atoms. The van der Waals surface area contributed by atoms with Gasteiger partial charge in [0.15, 0.2) is 11.3 Å². The van der Waals surface area contributed by atoms with Gasteiger partial charge in [-0.25, -0.2) is 0 Å². The third-order valence-corrected chi connectivity index (χ3v) is 4.37. The number of anilines is 1. The maximum atomic E-state index is 13.7. The number of hydrogen-bond donors (Lipinski definition) is 2. The highest BCUT2D eigenvalue weighted by Gasteiger charge is 2.39. The monoisotopic (exact) mass is 366 g/mol. The predicted molar refractivity (Wildman–Crippen MR) is 94.5 cm³/mol. The Morgan fingerprint density at radius 2 is 1.88 bits per heavy atom. The van der Waals surface area contributed by atoms with Gasteiger partial charge < -0.3 is 10.8 Å². The van der Waals surface area contributed by atoms with Gasteiger partial charge in [0.05, 0.1) is 11.1 Å². The predicted octanol–water partition coefficient (Wildman–Crippen LogP) is 4.41. The number of halogens is 3. The molecule has 3 N–H and O–H groups in total. The first-order valence-corrected chi connectivity index (χ1v) is 8.26. The zero-order valence-electron chi connectivity index (χ0n) is 15.0. The Kier molecular flexibility index (Phi) is 4.17. The van der Waals surface area contributed by atoms with Crippen molar-refractivity contribution in [3.05, 3.63) is 35.0 Å². The SMILES string of the molecule is Cc1ccc(O)c(C)c1-n1c(N)cc2c(C(F)(F)F)n(CC(C)C)nc21. The second-order valence-corrected chi connectivity index (χ2v) is 6.94. The Balaban J connectivity index is 2.38. The summed E-state index contributed by atoms with van der Waals surface area (Å²) in [5.74, 6) is 0.182. The normalized spacial score (nSPS) is 12.5. The largest absolute Gasteiger partial charge is 0.508 e. The van der Waals surface area contributed by atoms with Gasteiger partial charge in [-0.1, -0.05) is 19.9 Å². The van der Waals surface area contributed by atoms with Crippen LogP contribution in [0, 0.1) is 19.8 Å². The number of aromatic nitrogens is 3. The molecule has 0 aliphatic rings. The van der Waals surface area contributed by atoms with Gasteiger partial charge in [-0.2, -0.15) is 18.3 Å². The highest BCUT2D eigenvalue weighted by Crippen LogP contribution is 2.39. The zero-order chi connectivity index (χ0) is 19.4. The van der Waals surface area contributed by atoms with Crippen LogP contribution < -0.4 is 5.73 Å². The lowest BCUT2D eigenvalue weighted by atomic mass is 10.1. The Labute approximate surface area is 148 Å². The summed E-state index contributed by atoms with van der Waals surface area (Å²) in [7, 11) is 0. The number of alkyl halides is 3. The molecule has 3 aromatic rings. The molecule has 26 heavy (non-hydrogen) atoms. The van der Waals surface area contributed by atoms with Crippen molar-refractivity contribution in [2.24, 2.45) is 5.92 Å². The van der Waals surface area contributed by atoms with Crippen molar-refractivity contribution in [3.8, 4) is 11.4 Å². The summed E-state index contributed by atoms with van der Waals surface area (Å²) in [6.45, 7) is 7.31. The van der Waals surface area contributed by atoms with Crippen molar-refractivity contribution >= 4 is 16.9 Å². The first kappa shape index (κ1) is 18.2. The van der Waals surface area contributed by atoms with E-state index in [1.54, 1.807) is 19.1 Å². The van der Waals surface area contributed by atoms with Crippen molar-refractivity contribution in [3.63, 3.8) is 0 Å². The van der Waals surface area contributed by atoms with Crippen molar-refractivity contribution < 1.29 is 18.3 Å². The third-order valence-electron chi connectivity index (χ3n) is 4.37. The molecule has 1 aromatic carbocycles. The number of rotatable bonds is 3. The number of fused-ring (bicyclic) bond motifs is 1. The Hall–Kier alpha value is -2.64. The molecule has 0 unspecified atom stereocenters. The van der Waals surface area contributed by atoms with Crippen LogP contribution in [0.15, 0.2) is 18.2 Å². The summed E-state index contributed by atoms with van der Waals surface area (Å²) in [5.41, 5.74) is 7.22. The Bertz CT molecular complexity index is 983. The van der Waals surface area contributed by atoms with Gasteiger partial charge in [0.25, 0.3) is 0 Å². The number of phenols is 1. The Morgan fingerprint density at radius 1 is 1.23 bits per heavy atom. The molecular weight excluding hydrogens is 345 g/mol. The van der Waals surface area contributed by atoms with E-state index >= 15 is 0 Å². The van der Waals surface area contributed by atoms with E-state index in [1.165, 1.54) is 10.6 Å². The zero-order valence-corrected chi connectivity index (χ0v) is 15.0. The van der Waals surface area contributed by atoms with Crippen LogP contribution >= 0.6 is 0 Å². The highest BCUT2D eigenvalue weighted by atomic mass is 19.4. The maximum Gasteiger partial charge on any atom is 0.433 e. The summed E-state index contributed by atoms with van der Waals surface area (Å²) >= 11 is 0. The number of aryl methyl sites for hydroxylation is 1. The average molecular weight is 366 g/mol. The molecule has 2 aromatic heterocycles. The molecule has 0 fully saturated rings. The molecule has 0 atom stereocenters. The van der Waals surface area contributed by atoms with E-state index in [1.807, 2.05) is 20.8 Å². The van der Waals surface area contributed by atoms with Crippen molar-refractivity contribution in [1.29, 1.82) is 0 Å². The molecule has 0 aliphatic heterocycles. The van der Waals surface area contributed by atoms with E-state index in [9.17, 15) is 18.3 Å². The average Bonchev–Trinajstić information content (AvgIpc) is 2.97. The number of aromatic hydroxyl groups is 1. The molecule has 0 spiro atoms. The third kappa shape index (κ3) is 2.79. The molecule has 0 saturated carbocycles. The van der Waals surface area contributed by atoms with Crippen molar-refractivity contribution in [1.82, 2.24) is 14.3 Å². The van der Waals surface area contributed by atoms with Crippen LogP contribution in [0.4, 0.5) is 19.0 Å². The summed E-state index contributed by atoms with van der Waals surface area (Å²) < 4.78 is 43.5. The van der Waals surface area contributed by atoms with Gasteiger partial charge >= 0.3 is 6.18 Å². The molecule has 8 heteroatoms. The number of nitrogen functional groups attached to an aromatic ring is 1. The molecule has 0 aliphatic carbocycles. The van der Waals surface area contributed by atoms with E-state index in [0.29, 0.717) is 11.3 Å². The number of nitrogens with two attached hydrogens (primary N) is 1. The van der Waals surface area contributed by atoms with E-state index in [0.717, 1.165) is 10.2 Å². The fourth-order valence-electron chi connectivity index (χ4n) is 3.28. The molecule has 2 heterocycles. The highest BCUT2D eigenvalue weighted by molar-refractivity contribution is 5.87. The van der Waals surface area contributed by atoms with E-state index in [-0.39, 0.29) is 35.1 Å². The van der Waals surface area contributed by atoms with E-state index in [2.05, 4.69) is 5.10 Å². The topological polar surface area (TPSA) is 69.0 Å². The van der Waals surface area contributed by atoms with Gasteiger partial charge in [0, 0.05) is 12.1 Å². The van der Waals surface area contributed by atoms with Crippen LogP contribution in [0.5, 0.6) is 5.75 Å². The van der Waals surface area contributed by atoms with Gasteiger partial charge in [0.1, 0.15) is 11.6 Å². The molecule has 0 radical (unpaired) electrons. The number of hydrogen-bond acceptors (Lipinski definition) is 3. The van der Waals surface area contributed by atoms with Crippen LogP contribution in [0.3, 0.4) is 0 Å². The quantitative estimate of drug-likeness (QED) is 0.722. The summed E-state index contributed by atoms with van der Waals surface area (Å²) in [6, 6.07) is 4.53. The van der Waals surface area contributed by atoms with Gasteiger partial charge in [-0.3, -0.25) is 9.25 Å². The van der Waals surface area contributed by atoms with E-state index in [4.69, 9.17) is 5.73 Å². The molecule has 140 valence electrons. The van der Waals surface area contributed by atoms with Gasteiger partial charge in [-0.05, 0) is 37.5 Å². The molecule has 0 amide bonds. The maximum absolute atomic E-state index is 13.7. The smallest absolute Gasteiger partial charge is 0.433 e. The lowest BCUT2D eigenvalue weighted by molar-refractivity contribution is -0.143. The standard InChI is InChI=1S/C18H21F3N4O/c1-9(2)8-24-16(18(19,20)21)12-7-14(22)25(17(12)23-24)15-10(3)5-6-13(26)11(15)4/h5-7,9,26H,8,22H2,1-4H3. The minimum atomic E-state index is -4.55. The fourth-order valence-corrected chi connectivity index (χ4v) is 3.28. The first-order chi connectivity index (χ1) is 12.0. The van der Waals surface area contributed by atoms with Crippen molar-refractivity contribution in [2.45, 2.75) is 40.4 Å². The van der Waals surface area contributed by atoms with Crippen LogP contribution in [0.2, 0.25) is 0 Å². The minimum absolute atomic E-state index is 0.00450. The molecule has 5 nitrogen and oxygen atoms in total. The molecule has 0 saturated heterocycles. The minimum Gasteiger partial charge on any atom is -0.508 e. The number of nitrogens with zero attached hydrogens (tertiary/aromatic N) is 3. The van der Waals surface area contributed by atoms with Gasteiger partial charge in [-0.15, -0.1) is 0 Å². The number of benzene rings is 1. The lowest BCUT2D eigenvalue weighted by Gasteiger charge is -2.15. The van der Waals surface area contributed by atoms with Crippen LogP contribution in [0.1, 0.15) is 30.7 Å². The van der Waals surface area contributed by atoms with E-state index < -0.39 is 11.9 Å². The number of phenolic OH excluding ortho intramolecular Hbond substituents is 1. The summed E-state index contributed by atoms with van der Waals surface area (Å²) in [4.78, 5) is 0. The lowest BCUT2D eigenvalue weighted by Crippen LogP contribution is -2.17. The van der Waals surface area contributed by atoms with Gasteiger partial charge in [0.2, 0.25) is 0 Å². The van der Waals surface area contributed by atoms with Crippen LogP contribution in [-0.2, 0) is 12.7 Å². The van der Waals surface area contributed by atoms with Crippen LogP contribution in [-0.4, -0.2) is 19.5 Å². The Morgan fingerprint density at radius 3 is 2.46 bits per heavy atom. The second kappa shape index (κ2) is 5.96. The fraction of sp³-hybridized carbons (Fsp3) is 0.389.